The lowest BCUT2D eigenvalue weighted by Gasteiger charge is -2.01. The molecule has 4 nitrogen and oxygen atoms in total. The topological polar surface area (TPSA) is 51.8 Å². The number of benzene rings is 1. The van der Waals surface area contributed by atoms with Gasteiger partial charge < -0.3 is 4.42 Å². The number of hydrogen-bond acceptors (Lipinski definition) is 5. The van der Waals surface area contributed by atoms with Crippen molar-refractivity contribution in [3.8, 4) is 0 Å². The average Bonchev–Trinajstić information content (AvgIpc) is 3.91. The van der Waals surface area contributed by atoms with Crippen LogP contribution in [0.1, 0.15) is 152 Å². The standard InChI is InChI=1S/C9H12.3C8H11N.C7H10O.C7H10S/c1-8(2)9-6-4-3-5-7-9;1-7(2)8-3-5-9-6-4-8;1-7(2)8-4-3-5-9-6-8;1-7(2)8-5-3-4-6-9-8;2*1-6(2)7-4-3-5-8-7/h3-8H,1-2H3;3*3-7H,1-2H3;2*3-6H,1-2H3. The van der Waals surface area contributed by atoms with Gasteiger partial charge in [0, 0.05) is 47.5 Å². The fourth-order valence-corrected chi connectivity index (χ4v) is 5.00. The van der Waals surface area contributed by atoms with E-state index in [0.717, 1.165) is 11.5 Å². The maximum absolute atomic E-state index is 5.09. The number of rotatable bonds is 6. The molecule has 0 unspecified atom stereocenters. The van der Waals surface area contributed by atoms with Gasteiger partial charge >= 0.3 is 0 Å². The van der Waals surface area contributed by atoms with E-state index in [-0.39, 0.29) is 0 Å². The second-order valence-corrected chi connectivity index (χ2v) is 15.2. The van der Waals surface area contributed by atoms with E-state index in [4.69, 9.17) is 4.42 Å². The highest BCUT2D eigenvalue weighted by molar-refractivity contribution is 7.10. The van der Waals surface area contributed by atoms with Crippen LogP contribution in [0, 0.1) is 0 Å². The molecule has 1 aromatic carbocycles. The minimum atomic E-state index is 0.519. The van der Waals surface area contributed by atoms with Gasteiger partial charge in [0.15, 0.2) is 0 Å². The monoisotopic (exact) mass is 719 g/mol. The highest BCUT2D eigenvalue weighted by Crippen LogP contribution is 2.19. The Kier molecular flexibility index (Phi) is 24.0. The smallest absolute Gasteiger partial charge is 0.106 e. The summed E-state index contributed by atoms with van der Waals surface area (Å²) in [5.41, 5.74) is 5.23. The first kappa shape index (κ1) is 45.7. The molecular formula is C47H65N3OS. The van der Waals surface area contributed by atoms with Gasteiger partial charge in [-0.25, -0.2) is 0 Å². The van der Waals surface area contributed by atoms with Crippen LogP contribution in [0.5, 0.6) is 0 Å². The number of nitrogens with zero attached hydrogens (tertiary/aromatic N) is 3. The molecule has 0 fully saturated rings. The Labute approximate surface area is 320 Å². The second-order valence-electron chi connectivity index (χ2n) is 14.2. The molecule has 0 bridgehead atoms. The molecule has 6 rings (SSSR count). The number of aromatic nitrogens is 3. The zero-order chi connectivity index (χ0) is 38.7. The van der Waals surface area contributed by atoms with Crippen LogP contribution >= 0.6 is 11.3 Å². The van der Waals surface area contributed by atoms with E-state index in [1.807, 2.05) is 90.7 Å². The molecular weight excluding hydrogens is 655 g/mol. The number of thiophene rings is 1. The van der Waals surface area contributed by atoms with Gasteiger partial charge in [-0.15, -0.1) is 11.3 Å². The van der Waals surface area contributed by atoms with Crippen molar-refractivity contribution < 1.29 is 4.42 Å². The third-order valence-corrected chi connectivity index (χ3v) is 8.87. The molecule has 0 N–H and O–H groups in total. The van der Waals surface area contributed by atoms with E-state index >= 15 is 0 Å². The first-order valence-electron chi connectivity index (χ1n) is 18.7. The van der Waals surface area contributed by atoms with Gasteiger partial charge in [0.05, 0.1) is 6.26 Å². The molecule has 0 aliphatic carbocycles. The highest BCUT2D eigenvalue weighted by atomic mass is 32.1. The van der Waals surface area contributed by atoms with Crippen LogP contribution < -0.4 is 0 Å². The molecule has 0 atom stereocenters. The van der Waals surface area contributed by atoms with E-state index in [2.05, 4.69) is 146 Å². The number of pyridine rings is 3. The summed E-state index contributed by atoms with van der Waals surface area (Å²) < 4.78 is 5.09. The molecule has 0 aliphatic rings. The molecule has 5 heterocycles. The normalized spacial score (nSPS) is 10.2. The van der Waals surface area contributed by atoms with Gasteiger partial charge in [-0.05, 0) is 100 Å². The van der Waals surface area contributed by atoms with Crippen molar-refractivity contribution in [3.05, 3.63) is 173 Å². The molecule has 5 aromatic heterocycles. The lowest BCUT2D eigenvalue weighted by molar-refractivity contribution is 0.487. The first-order valence-corrected chi connectivity index (χ1v) is 19.5. The van der Waals surface area contributed by atoms with E-state index in [1.54, 1.807) is 12.5 Å². The van der Waals surface area contributed by atoms with Crippen molar-refractivity contribution in [3.63, 3.8) is 0 Å². The SMILES string of the molecule is CC(C)c1ccccc1.CC(C)c1ccccn1.CC(C)c1cccnc1.CC(C)c1ccco1.CC(C)c1cccs1.CC(C)c1ccncc1. The predicted octanol–water partition coefficient (Wildman–Crippen LogP) is 14.7. The predicted molar refractivity (Wildman–Crippen MR) is 227 cm³/mol. The summed E-state index contributed by atoms with van der Waals surface area (Å²) in [6.07, 6.45) is 10.9. The molecule has 0 spiro atoms. The fourth-order valence-electron chi connectivity index (χ4n) is 4.26. The maximum atomic E-state index is 5.09. The van der Waals surface area contributed by atoms with Crippen molar-refractivity contribution in [1.29, 1.82) is 0 Å². The minimum absolute atomic E-state index is 0.519. The van der Waals surface area contributed by atoms with Crippen LogP contribution in [-0.4, -0.2) is 15.0 Å². The average molecular weight is 720 g/mol. The summed E-state index contributed by atoms with van der Waals surface area (Å²) >= 11 is 1.83. The van der Waals surface area contributed by atoms with Gasteiger partial charge in [-0.2, -0.15) is 0 Å². The molecule has 0 saturated carbocycles. The van der Waals surface area contributed by atoms with Gasteiger partial charge in [0.1, 0.15) is 5.76 Å². The summed E-state index contributed by atoms with van der Waals surface area (Å²) in [6.45, 7) is 26.0. The van der Waals surface area contributed by atoms with E-state index < -0.39 is 0 Å². The van der Waals surface area contributed by atoms with Crippen LogP contribution in [0.2, 0.25) is 0 Å². The Morgan fingerprint density at radius 1 is 0.442 bits per heavy atom. The zero-order valence-corrected chi connectivity index (χ0v) is 34.7. The quantitative estimate of drug-likeness (QED) is 0.172. The Hall–Kier alpha value is -4.35. The van der Waals surface area contributed by atoms with Gasteiger partial charge in [-0.1, -0.05) is 132 Å². The van der Waals surface area contributed by atoms with Crippen molar-refractivity contribution in [2.45, 2.75) is 119 Å². The molecule has 6 aromatic rings. The largest absolute Gasteiger partial charge is 0.469 e. The summed E-state index contributed by atoms with van der Waals surface area (Å²) in [6, 6.07) is 32.8. The van der Waals surface area contributed by atoms with Gasteiger partial charge in [0.2, 0.25) is 0 Å². The Morgan fingerprint density at radius 2 is 1.04 bits per heavy atom. The highest BCUT2D eigenvalue weighted by Gasteiger charge is 1.99. The minimum Gasteiger partial charge on any atom is -0.469 e. The Morgan fingerprint density at radius 3 is 1.35 bits per heavy atom. The van der Waals surface area contributed by atoms with Crippen LogP contribution in [0.15, 0.2) is 144 Å². The van der Waals surface area contributed by atoms with Gasteiger partial charge in [-0.3, -0.25) is 15.0 Å². The van der Waals surface area contributed by atoms with Gasteiger partial charge in [0.25, 0.3) is 0 Å². The van der Waals surface area contributed by atoms with Crippen LogP contribution in [0.4, 0.5) is 0 Å². The first-order chi connectivity index (χ1) is 24.8. The third kappa shape index (κ3) is 21.1. The van der Waals surface area contributed by atoms with Crippen LogP contribution in [0.25, 0.3) is 0 Å². The van der Waals surface area contributed by atoms with Crippen molar-refractivity contribution in [2.24, 2.45) is 0 Å². The van der Waals surface area contributed by atoms with E-state index in [9.17, 15) is 0 Å². The number of furan rings is 1. The third-order valence-electron chi connectivity index (χ3n) is 7.69. The van der Waals surface area contributed by atoms with Crippen molar-refractivity contribution >= 4 is 11.3 Å². The zero-order valence-electron chi connectivity index (χ0n) is 33.9. The molecule has 0 saturated heterocycles. The second kappa shape index (κ2) is 27.3. The Balaban J connectivity index is 0.000000312. The molecule has 0 amide bonds. The summed E-state index contributed by atoms with van der Waals surface area (Å²) in [5, 5.41) is 2.12. The van der Waals surface area contributed by atoms with Crippen LogP contribution in [-0.2, 0) is 0 Å². The Bertz CT molecular complexity index is 1390. The molecule has 0 radical (unpaired) electrons. The van der Waals surface area contributed by atoms with Crippen molar-refractivity contribution in [1.82, 2.24) is 15.0 Å². The number of hydrogen-bond donors (Lipinski definition) is 0. The molecule has 52 heavy (non-hydrogen) atoms. The van der Waals surface area contributed by atoms with Crippen LogP contribution in [0.3, 0.4) is 0 Å². The maximum Gasteiger partial charge on any atom is 0.106 e. The molecule has 5 heteroatoms. The summed E-state index contributed by atoms with van der Waals surface area (Å²) in [5.74, 6) is 4.70. The fraction of sp³-hybridized carbons (Fsp3) is 0.383. The molecule has 280 valence electrons. The van der Waals surface area contributed by atoms with Crippen molar-refractivity contribution in [2.75, 3.05) is 0 Å². The lowest BCUT2D eigenvalue weighted by Crippen LogP contribution is -1.88. The summed E-state index contributed by atoms with van der Waals surface area (Å²) in [4.78, 5) is 13.6. The summed E-state index contributed by atoms with van der Waals surface area (Å²) in [7, 11) is 0. The lowest BCUT2D eigenvalue weighted by atomic mass is 10.0. The molecule has 0 aliphatic heterocycles. The van der Waals surface area contributed by atoms with E-state index in [1.165, 1.54) is 21.6 Å². The van der Waals surface area contributed by atoms with E-state index in [0.29, 0.717) is 35.5 Å².